The zero-order valence-corrected chi connectivity index (χ0v) is 5.84. The molecule has 3 N–H and O–H groups in total. The number of urea groups is 1. The first-order chi connectivity index (χ1) is 4.79. The maximum Gasteiger partial charge on any atom is 0.312 e. The summed E-state index contributed by atoms with van der Waals surface area (Å²) >= 11 is 0. The molecule has 10 heavy (non-hydrogen) atoms. The van der Waals surface area contributed by atoms with Crippen LogP contribution in [0.5, 0.6) is 0 Å². The summed E-state index contributed by atoms with van der Waals surface area (Å²) in [5, 5.41) is 2.76. The van der Waals surface area contributed by atoms with Crippen LogP contribution in [0.1, 0.15) is 19.3 Å². The zero-order valence-electron chi connectivity index (χ0n) is 5.84. The molecule has 2 fully saturated rings. The normalized spacial score (nSPS) is 42.6. The Kier molecular flexibility index (Phi) is 1.13. The second kappa shape index (κ2) is 1.87. The molecule has 0 aromatic heterocycles. The number of nitrogens with one attached hydrogen (secondary N) is 1. The number of carbonyl (C=O) groups excluding carboxylic acids is 1. The predicted octanol–water partition coefficient (Wildman–Crippen LogP) is 0.453. The van der Waals surface area contributed by atoms with Gasteiger partial charge in [0.1, 0.15) is 0 Å². The minimum atomic E-state index is -0.362. The van der Waals surface area contributed by atoms with E-state index < -0.39 is 0 Å². The molecule has 56 valence electrons. The van der Waals surface area contributed by atoms with Gasteiger partial charge in [0, 0.05) is 6.04 Å². The van der Waals surface area contributed by atoms with E-state index in [9.17, 15) is 4.79 Å². The van der Waals surface area contributed by atoms with E-state index >= 15 is 0 Å². The second-order valence-corrected chi connectivity index (χ2v) is 3.29. The Morgan fingerprint density at radius 1 is 1.40 bits per heavy atom. The van der Waals surface area contributed by atoms with E-state index in [0.29, 0.717) is 6.04 Å². The first-order valence-electron chi connectivity index (χ1n) is 3.85. The lowest BCUT2D eigenvalue weighted by molar-refractivity contribution is 0.247. The first kappa shape index (κ1) is 6.01. The van der Waals surface area contributed by atoms with Gasteiger partial charge in [-0.15, -0.1) is 0 Å². The molecular formula is C7H12N2O. The summed E-state index contributed by atoms with van der Waals surface area (Å²) in [5.41, 5.74) is 4.99. The van der Waals surface area contributed by atoms with Gasteiger partial charge in [-0.1, -0.05) is 6.42 Å². The number of hydrogen-bond donors (Lipinski definition) is 2. The van der Waals surface area contributed by atoms with Gasteiger partial charge < -0.3 is 11.1 Å². The Morgan fingerprint density at radius 2 is 2.00 bits per heavy atom. The van der Waals surface area contributed by atoms with Gasteiger partial charge in [0.15, 0.2) is 0 Å². The van der Waals surface area contributed by atoms with Gasteiger partial charge in [-0.05, 0) is 24.7 Å². The van der Waals surface area contributed by atoms with Crippen LogP contribution in [-0.4, -0.2) is 12.1 Å². The molecule has 2 aliphatic carbocycles. The van der Waals surface area contributed by atoms with Crippen LogP contribution in [0.4, 0.5) is 4.79 Å². The molecule has 0 spiro atoms. The molecule has 0 saturated heterocycles. The molecule has 2 aliphatic rings. The fourth-order valence-corrected chi connectivity index (χ4v) is 2.20. The largest absolute Gasteiger partial charge is 0.352 e. The van der Waals surface area contributed by atoms with E-state index in [1.165, 1.54) is 19.3 Å². The lowest BCUT2D eigenvalue weighted by atomic mass is 10.2. The number of primary amides is 1. The molecular weight excluding hydrogens is 128 g/mol. The van der Waals surface area contributed by atoms with Crippen LogP contribution >= 0.6 is 0 Å². The van der Waals surface area contributed by atoms with Crippen molar-refractivity contribution in [2.45, 2.75) is 25.3 Å². The van der Waals surface area contributed by atoms with E-state index in [1.807, 2.05) is 0 Å². The minimum Gasteiger partial charge on any atom is -0.352 e. The van der Waals surface area contributed by atoms with Crippen molar-refractivity contribution in [2.75, 3.05) is 0 Å². The second-order valence-electron chi connectivity index (χ2n) is 3.29. The number of rotatable bonds is 1. The van der Waals surface area contributed by atoms with E-state index in [2.05, 4.69) is 5.32 Å². The Labute approximate surface area is 60.0 Å². The fraction of sp³-hybridized carbons (Fsp3) is 0.857. The Bertz CT molecular complexity index is 159. The van der Waals surface area contributed by atoms with Crippen molar-refractivity contribution in [1.82, 2.24) is 5.32 Å². The Morgan fingerprint density at radius 3 is 2.50 bits per heavy atom. The summed E-state index contributed by atoms with van der Waals surface area (Å²) in [6.45, 7) is 0. The molecule has 2 saturated carbocycles. The lowest BCUT2D eigenvalue weighted by Crippen LogP contribution is -2.33. The summed E-state index contributed by atoms with van der Waals surface area (Å²) in [7, 11) is 0. The molecule has 0 aromatic carbocycles. The van der Waals surface area contributed by atoms with Crippen molar-refractivity contribution in [3.8, 4) is 0 Å². The summed E-state index contributed by atoms with van der Waals surface area (Å²) < 4.78 is 0. The number of amides is 2. The summed E-state index contributed by atoms with van der Waals surface area (Å²) in [6, 6.07) is 0.0747. The van der Waals surface area contributed by atoms with Crippen LogP contribution in [0.2, 0.25) is 0 Å². The summed E-state index contributed by atoms with van der Waals surface area (Å²) in [6.07, 6.45) is 3.91. The predicted molar refractivity (Wildman–Crippen MR) is 37.3 cm³/mol. The standard InChI is InChI=1S/C7H12N2O/c8-7(10)9-6-4-2-1-3-5(4)6/h4-6H,1-3H2,(H3,8,9,10)/t4-,5+,6?. The summed E-state index contributed by atoms with van der Waals surface area (Å²) in [4.78, 5) is 10.4. The smallest absolute Gasteiger partial charge is 0.312 e. The number of carbonyl (C=O) groups is 1. The lowest BCUT2D eigenvalue weighted by Gasteiger charge is -2.01. The van der Waals surface area contributed by atoms with Crippen LogP contribution in [-0.2, 0) is 0 Å². The SMILES string of the molecule is NC(=O)NC1[C@H]2CCC[C@@H]12. The maximum atomic E-state index is 10.4. The number of fused-ring (bicyclic) bond motifs is 1. The molecule has 0 bridgehead atoms. The van der Waals surface area contributed by atoms with Crippen LogP contribution in [0, 0.1) is 11.8 Å². The quantitative estimate of drug-likeness (QED) is 0.546. The fourth-order valence-electron chi connectivity index (χ4n) is 2.20. The average Bonchev–Trinajstić information content (AvgIpc) is 2.40. The molecule has 3 heteroatoms. The van der Waals surface area contributed by atoms with Gasteiger partial charge >= 0.3 is 6.03 Å². The third kappa shape index (κ3) is 0.770. The van der Waals surface area contributed by atoms with Crippen LogP contribution in [0.25, 0.3) is 0 Å². The van der Waals surface area contributed by atoms with Crippen molar-refractivity contribution in [1.29, 1.82) is 0 Å². The molecule has 0 aliphatic heterocycles. The Hall–Kier alpha value is -0.730. The highest BCUT2D eigenvalue weighted by atomic mass is 16.2. The maximum absolute atomic E-state index is 10.4. The third-order valence-electron chi connectivity index (χ3n) is 2.72. The highest BCUT2D eigenvalue weighted by molar-refractivity contribution is 5.72. The van der Waals surface area contributed by atoms with Crippen LogP contribution in [0.3, 0.4) is 0 Å². The van der Waals surface area contributed by atoms with Crippen LogP contribution < -0.4 is 11.1 Å². The number of nitrogens with two attached hydrogens (primary N) is 1. The Balaban J connectivity index is 1.84. The van der Waals surface area contributed by atoms with Gasteiger partial charge in [-0.3, -0.25) is 0 Å². The van der Waals surface area contributed by atoms with Crippen LogP contribution in [0.15, 0.2) is 0 Å². The molecule has 0 aromatic rings. The zero-order chi connectivity index (χ0) is 7.14. The molecule has 3 atom stereocenters. The summed E-state index contributed by atoms with van der Waals surface area (Å²) in [5.74, 6) is 1.54. The molecule has 2 amide bonds. The molecule has 2 rings (SSSR count). The topological polar surface area (TPSA) is 55.1 Å². The molecule has 3 nitrogen and oxygen atoms in total. The molecule has 0 radical (unpaired) electrons. The van der Waals surface area contributed by atoms with E-state index in [4.69, 9.17) is 5.73 Å². The molecule has 1 unspecified atom stereocenters. The third-order valence-corrected chi connectivity index (χ3v) is 2.72. The van der Waals surface area contributed by atoms with Crippen molar-refractivity contribution >= 4 is 6.03 Å². The van der Waals surface area contributed by atoms with E-state index in [-0.39, 0.29) is 6.03 Å². The van der Waals surface area contributed by atoms with Gasteiger partial charge in [-0.2, -0.15) is 0 Å². The van der Waals surface area contributed by atoms with Crippen molar-refractivity contribution in [2.24, 2.45) is 17.6 Å². The van der Waals surface area contributed by atoms with E-state index in [0.717, 1.165) is 11.8 Å². The monoisotopic (exact) mass is 140 g/mol. The van der Waals surface area contributed by atoms with Gasteiger partial charge in [0.2, 0.25) is 0 Å². The average molecular weight is 140 g/mol. The first-order valence-corrected chi connectivity index (χ1v) is 3.85. The van der Waals surface area contributed by atoms with Crippen molar-refractivity contribution < 1.29 is 4.79 Å². The van der Waals surface area contributed by atoms with Crippen molar-refractivity contribution in [3.63, 3.8) is 0 Å². The van der Waals surface area contributed by atoms with Gasteiger partial charge in [-0.25, -0.2) is 4.79 Å². The highest BCUT2D eigenvalue weighted by Gasteiger charge is 2.52. The van der Waals surface area contributed by atoms with E-state index in [1.54, 1.807) is 0 Å². The van der Waals surface area contributed by atoms with Crippen molar-refractivity contribution in [3.05, 3.63) is 0 Å². The molecule has 0 heterocycles. The highest BCUT2D eigenvalue weighted by Crippen LogP contribution is 2.51. The number of hydrogen-bond acceptors (Lipinski definition) is 1. The van der Waals surface area contributed by atoms with Gasteiger partial charge in [0.05, 0.1) is 0 Å². The minimum absolute atomic E-state index is 0.362. The van der Waals surface area contributed by atoms with Gasteiger partial charge in [0.25, 0.3) is 0 Å².